The first kappa shape index (κ1) is 16.7. The summed E-state index contributed by atoms with van der Waals surface area (Å²) in [5.74, 6) is -1.75. The van der Waals surface area contributed by atoms with Crippen LogP contribution in [0.4, 0.5) is 5.69 Å². The van der Waals surface area contributed by atoms with Crippen molar-refractivity contribution in [3.63, 3.8) is 0 Å². The molecular weight excluding hydrogens is 318 g/mol. The minimum absolute atomic E-state index is 0.00591. The first-order valence-corrected chi connectivity index (χ1v) is 6.59. The van der Waals surface area contributed by atoms with Crippen LogP contribution in [0.3, 0.4) is 0 Å². The molecule has 1 amide bonds. The van der Waals surface area contributed by atoms with E-state index in [9.17, 15) is 25.1 Å². The Morgan fingerprint density at radius 3 is 2.71 bits per heavy atom. The second-order valence-corrected chi connectivity index (χ2v) is 4.54. The standard InChI is InChI=1S/C15H13N3O6/c1-24-13-7-10(18(22)23)6-9(14(13)20)8-16-17-15(21)11-4-2-3-5-12(11)19/h2-8,19-20H,1H3,(H,17,21)/p-1/b16-8+. The number of rotatable bonds is 5. The third-order valence-corrected chi connectivity index (χ3v) is 3.02. The Balaban J connectivity index is 2.23. The molecule has 2 aromatic rings. The minimum atomic E-state index is -0.700. The van der Waals surface area contributed by atoms with Crippen LogP contribution in [0.15, 0.2) is 41.5 Å². The van der Waals surface area contributed by atoms with E-state index in [1.807, 2.05) is 0 Å². The molecule has 2 aromatic carbocycles. The molecule has 2 rings (SSSR count). The number of non-ortho nitro benzene ring substituents is 1. The van der Waals surface area contributed by atoms with Crippen LogP contribution < -0.4 is 15.3 Å². The molecule has 0 aliphatic carbocycles. The average molecular weight is 330 g/mol. The number of methoxy groups -OCH3 is 1. The van der Waals surface area contributed by atoms with Gasteiger partial charge in [0.2, 0.25) is 0 Å². The number of nitro groups is 1. The van der Waals surface area contributed by atoms with Crippen molar-refractivity contribution >= 4 is 17.8 Å². The number of phenols is 1. The molecular formula is C15H12N3O6-. The first-order chi connectivity index (χ1) is 11.4. The van der Waals surface area contributed by atoms with Gasteiger partial charge in [-0.2, -0.15) is 5.10 Å². The molecule has 0 saturated heterocycles. The van der Waals surface area contributed by atoms with Gasteiger partial charge in [-0.05, 0) is 17.7 Å². The highest BCUT2D eigenvalue weighted by Gasteiger charge is 2.12. The zero-order valence-electron chi connectivity index (χ0n) is 12.4. The van der Waals surface area contributed by atoms with Crippen molar-refractivity contribution < 1.29 is 24.7 Å². The van der Waals surface area contributed by atoms with Crippen LogP contribution in [-0.2, 0) is 0 Å². The SMILES string of the molecule is COc1cc([N+](=O)[O-])cc(/C=N/NC(=O)c2ccccc2O)c1[O-]. The molecule has 0 atom stereocenters. The van der Waals surface area contributed by atoms with Gasteiger partial charge in [0.25, 0.3) is 11.6 Å². The third kappa shape index (κ3) is 3.58. The summed E-state index contributed by atoms with van der Waals surface area (Å²) < 4.78 is 4.79. The van der Waals surface area contributed by atoms with Gasteiger partial charge in [-0.3, -0.25) is 14.9 Å². The van der Waals surface area contributed by atoms with Crippen LogP contribution in [0.2, 0.25) is 0 Å². The van der Waals surface area contributed by atoms with E-state index in [4.69, 9.17) is 4.74 Å². The molecule has 0 aliphatic heterocycles. The molecule has 0 spiro atoms. The summed E-state index contributed by atoms with van der Waals surface area (Å²) in [7, 11) is 1.21. The molecule has 0 radical (unpaired) electrons. The monoisotopic (exact) mass is 330 g/mol. The smallest absolute Gasteiger partial charge is 0.275 e. The number of aromatic hydroxyl groups is 1. The fourth-order valence-electron chi connectivity index (χ4n) is 1.85. The molecule has 24 heavy (non-hydrogen) atoms. The van der Waals surface area contributed by atoms with Crippen LogP contribution in [-0.4, -0.2) is 29.3 Å². The largest absolute Gasteiger partial charge is 0.870 e. The highest BCUT2D eigenvalue weighted by molar-refractivity contribution is 5.97. The van der Waals surface area contributed by atoms with Gasteiger partial charge in [0.1, 0.15) is 11.5 Å². The van der Waals surface area contributed by atoms with Crippen LogP contribution >= 0.6 is 0 Å². The fourth-order valence-corrected chi connectivity index (χ4v) is 1.85. The Labute approximate surface area is 136 Å². The maximum Gasteiger partial charge on any atom is 0.275 e. The predicted octanol–water partition coefficient (Wildman–Crippen LogP) is 1.15. The van der Waals surface area contributed by atoms with Gasteiger partial charge in [0.15, 0.2) is 0 Å². The number of benzene rings is 2. The summed E-state index contributed by atoms with van der Waals surface area (Å²) in [5, 5.41) is 36.0. The summed E-state index contributed by atoms with van der Waals surface area (Å²) in [6, 6.07) is 7.84. The third-order valence-electron chi connectivity index (χ3n) is 3.02. The fraction of sp³-hybridized carbons (Fsp3) is 0.0667. The molecule has 0 heterocycles. The van der Waals surface area contributed by atoms with Crippen LogP contribution in [0.5, 0.6) is 17.2 Å². The van der Waals surface area contributed by atoms with E-state index in [0.717, 1.165) is 18.3 Å². The van der Waals surface area contributed by atoms with Crippen molar-refractivity contribution in [1.82, 2.24) is 5.43 Å². The van der Waals surface area contributed by atoms with E-state index in [0.29, 0.717) is 0 Å². The summed E-state index contributed by atoms with van der Waals surface area (Å²) in [6.07, 6.45) is 0.968. The Hall–Kier alpha value is -3.62. The maximum absolute atomic E-state index is 12.0. The Morgan fingerprint density at radius 1 is 1.38 bits per heavy atom. The van der Waals surface area contributed by atoms with Crippen LogP contribution in [0.1, 0.15) is 15.9 Å². The topological polar surface area (TPSA) is 137 Å². The van der Waals surface area contributed by atoms with Crippen molar-refractivity contribution in [3.05, 3.63) is 57.6 Å². The van der Waals surface area contributed by atoms with Gasteiger partial charge in [0.05, 0.1) is 29.9 Å². The molecule has 0 aliphatic rings. The number of phenolic OH excluding ortho intramolecular Hbond substituents is 1. The lowest BCUT2D eigenvalue weighted by Crippen LogP contribution is -2.17. The number of nitro benzene ring substituents is 1. The number of hydrazone groups is 1. The Kier molecular flexibility index (Phi) is 4.95. The van der Waals surface area contributed by atoms with E-state index in [1.54, 1.807) is 12.1 Å². The number of nitrogens with zero attached hydrogens (tertiary/aromatic N) is 2. The number of hydrogen-bond donors (Lipinski definition) is 2. The average Bonchev–Trinajstić information content (AvgIpc) is 2.56. The molecule has 0 saturated carbocycles. The lowest BCUT2D eigenvalue weighted by molar-refractivity contribution is -0.385. The molecule has 0 aromatic heterocycles. The van der Waals surface area contributed by atoms with E-state index >= 15 is 0 Å². The van der Waals surface area contributed by atoms with Crippen LogP contribution in [0, 0.1) is 10.1 Å². The predicted molar refractivity (Wildman–Crippen MR) is 82.3 cm³/mol. The molecule has 0 fully saturated rings. The van der Waals surface area contributed by atoms with Crippen molar-refractivity contribution in [1.29, 1.82) is 0 Å². The maximum atomic E-state index is 12.0. The van der Waals surface area contributed by atoms with Crippen molar-refractivity contribution in [2.45, 2.75) is 0 Å². The van der Waals surface area contributed by atoms with E-state index < -0.39 is 16.6 Å². The summed E-state index contributed by atoms with van der Waals surface area (Å²) in [6.45, 7) is 0. The van der Waals surface area contributed by atoms with E-state index in [-0.39, 0.29) is 28.3 Å². The highest BCUT2D eigenvalue weighted by Crippen LogP contribution is 2.31. The number of amides is 1. The van der Waals surface area contributed by atoms with Crippen molar-refractivity contribution in [2.75, 3.05) is 7.11 Å². The second-order valence-electron chi connectivity index (χ2n) is 4.54. The number of carbonyl (C=O) groups is 1. The van der Waals surface area contributed by atoms with Crippen LogP contribution in [0.25, 0.3) is 0 Å². The normalized spacial score (nSPS) is 10.5. The van der Waals surface area contributed by atoms with Gasteiger partial charge in [-0.15, -0.1) is 0 Å². The number of para-hydroxylation sites is 1. The quantitative estimate of drug-likeness (QED) is 0.479. The molecule has 0 bridgehead atoms. The first-order valence-electron chi connectivity index (χ1n) is 6.59. The van der Waals surface area contributed by atoms with Gasteiger partial charge in [0, 0.05) is 6.07 Å². The van der Waals surface area contributed by atoms with E-state index in [1.165, 1.54) is 19.2 Å². The van der Waals surface area contributed by atoms with Gasteiger partial charge >= 0.3 is 0 Å². The van der Waals surface area contributed by atoms with Crippen molar-refractivity contribution in [2.24, 2.45) is 5.10 Å². The molecule has 9 nitrogen and oxygen atoms in total. The summed E-state index contributed by atoms with van der Waals surface area (Å²) in [4.78, 5) is 22.0. The lowest BCUT2D eigenvalue weighted by atomic mass is 10.1. The number of carbonyl (C=O) groups excluding carboxylic acids is 1. The number of nitrogens with one attached hydrogen (secondary N) is 1. The lowest BCUT2D eigenvalue weighted by Gasteiger charge is -2.14. The van der Waals surface area contributed by atoms with E-state index in [2.05, 4.69) is 10.5 Å². The number of hydrogen-bond acceptors (Lipinski definition) is 7. The summed E-state index contributed by atoms with van der Waals surface area (Å²) in [5.41, 5.74) is 1.64. The van der Waals surface area contributed by atoms with Gasteiger partial charge in [-0.25, -0.2) is 5.43 Å². The van der Waals surface area contributed by atoms with Gasteiger partial charge < -0.3 is 14.9 Å². The highest BCUT2D eigenvalue weighted by atomic mass is 16.6. The van der Waals surface area contributed by atoms with Gasteiger partial charge in [-0.1, -0.05) is 17.9 Å². The Morgan fingerprint density at radius 2 is 2.08 bits per heavy atom. The molecule has 0 unspecified atom stereocenters. The summed E-state index contributed by atoms with van der Waals surface area (Å²) >= 11 is 0. The van der Waals surface area contributed by atoms with Crippen molar-refractivity contribution in [3.8, 4) is 17.2 Å². The molecule has 124 valence electrons. The minimum Gasteiger partial charge on any atom is -0.870 e. The zero-order valence-corrected chi connectivity index (χ0v) is 12.4. The number of ether oxygens (including phenoxy) is 1. The molecule has 2 N–H and O–H groups in total. The zero-order chi connectivity index (χ0) is 17.7. The molecule has 9 heteroatoms. The second kappa shape index (κ2) is 7.09. The Bertz CT molecular complexity index is 819.